The van der Waals surface area contributed by atoms with Crippen LogP contribution in [0.2, 0.25) is 0 Å². The van der Waals surface area contributed by atoms with Gasteiger partial charge in [0.1, 0.15) is 5.82 Å². The van der Waals surface area contributed by atoms with Crippen LogP contribution in [0.5, 0.6) is 0 Å². The highest BCUT2D eigenvalue weighted by atomic mass is 16.1. The van der Waals surface area contributed by atoms with E-state index in [1.165, 1.54) is 28.1 Å². The largest absolute Gasteiger partial charge is 0.368 e. The Balaban J connectivity index is 1.60. The van der Waals surface area contributed by atoms with Crippen LogP contribution in [-0.2, 0) is 13.6 Å². The monoisotopic (exact) mass is 358 g/mol. The van der Waals surface area contributed by atoms with E-state index in [9.17, 15) is 9.59 Å². The standard InChI is InChI=1S/C18H26N6O2/c1-14-6-7-17(25)24(21-14)10-9-23-8-4-3-5-15(23)12-19-16-11-18(26)22(2)13-20-16/h6-7,11,13,15,19H,3-5,8-10,12H2,1-2H3. The van der Waals surface area contributed by atoms with Crippen molar-refractivity contribution in [1.29, 1.82) is 0 Å². The molecule has 0 bridgehead atoms. The topological polar surface area (TPSA) is 85.0 Å². The van der Waals surface area contributed by atoms with Crippen LogP contribution in [0.25, 0.3) is 0 Å². The second kappa shape index (κ2) is 8.27. The summed E-state index contributed by atoms with van der Waals surface area (Å²) in [6, 6.07) is 5.18. The van der Waals surface area contributed by atoms with Gasteiger partial charge in [-0.1, -0.05) is 6.42 Å². The van der Waals surface area contributed by atoms with Gasteiger partial charge in [0.2, 0.25) is 0 Å². The van der Waals surface area contributed by atoms with E-state index in [4.69, 9.17) is 0 Å². The molecule has 1 aliphatic rings. The first kappa shape index (κ1) is 18.3. The summed E-state index contributed by atoms with van der Waals surface area (Å²) in [6.45, 7) is 5.00. The number of rotatable bonds is 6. The molecule has 1 aliphatic heterocycles. The predicted molar refractivity (Wildman–Crippen MR) is 100 cm³/mol. The molecule has 0 amide bonds. The molecule has 0 radical (unpaired) electrons. The summed E-state index contributed by atoms with van der Waals surface area (Å²) in [5.74, 6) is 0.607. The summed E-state index contributed by atoms with van der Waals surface area (Å²) in [6.07, 6.45) is 4.97. The van der Waals surface area contributed by atoms with E-state index >= 15 is 0 Å². The molecule has 1 fully saturated rings. The number of hydrogen-bond acceptors (Lipinski definition) is 6. The van der Waals surface area contributed by atoms with E-state index in [1.54, 1.807) is 19.2 Å². The smallest absolute Gasteiger partial charge is 0.266 e. The van der Waals surface area contributed by atoms with Gasteiger partial charge in [-0.15, -0.1) is 0 Å². The van der Waals surface area contributed by atoms with Crippen LogP contribution in [0.1, 0.15) is 25.0 Å². The van der Waals surface area contributed by atoms with Gasteiger partial charge in [-0.25, -0.2) is 9.67 Å². The Kier molecular flexibility index (Phi) is 5.82. The van der Waals surface area contributed by atoms with E-state index in [0.29, 0.717) is 18.4 Å². The highest BCUT2D eigenvalue weighted by Crippen LogP contribution is 2.17. The SMILES string of the molecule is Cc1ccc(=O)n(CCN2CCCCC2CNc2cc(=O)n(C)cn2)n1. The molecule has 3 rings (SSSR count). The average Bonchev–Trinajstić information content (AvgIpc) is 2.64. The van der Waals surface area contributed by atoms with Gasteiger partial charge < -0.3 is 9.88 Å². The van der Waals surface area contributed by atoms with Crippen molar-refractivity contribution in [3.63, 3.8) is 0 Å². The highest BCUT2D eigenvalue weighted by molar-refractivity contribution is 5.32. The minimum atomic E-state index is -0.0760. The maximum Gasteiger partial charge on any atom is 0.266 e. The van der Waals surface area contributed by atoms with Gasteiger partial charge >= 0.3 is 0 Å². The molecule has 2 aromatic heterocycles. The number of anilines is 1. The summed E-state index contributed by atoms with van der Waals surface area (Å²) in [4.78, 5) is 30.3. The van der Waals surface area contributed by atoms with Crippen LogP contribution in [-0.4, -0.2) is 49.9 Å². The Labute approximate surface area is 152 Å². The number of likely N-dealkylation sites (tertiary alicyclic amines) is 1. The molecular formula is C18H26N6O2. The van der Waals surface area contributed by atoms with E-state index in [1.807, 2.05) is 6.92 Å². The third kappa shape index (κ3) is 4.57. The van der Waals surface area contributed by atoms with Gasteiger partial charge in [-0.05, 0) is 32.4 Å². The van der Waals surface area contributed by atoms with Crippen LogP contribution in [0.15, 0.2) is 34.1 Å². The number of nitrogens with zero attached hydrogens (tertiary/aromatic N) is 5. The molecule has 1 atom stereocenters. The number of aromatic nitrogens is 4. The third-order valence-corrected chi connectivity index (χ3v) is 4.84. The van der Waals surface area contributed by atoms with Crippen LogP contribution in [0.3, 0.4) is 0 Å². The second-order valence-electron chi connectivity index (χ2n) is 6.83. The quantitative estimate of drug-likeness (QED) is 0.814. The first-order chi connectivity index (χ1) is 12.5. The zero-order chi connectivity index (χ0) is 18.5. The lowest BCUT2D eigenvalue weighted by atomic mass is 10.0. The predicted octanol–water partition coefficient (Wildman–Crippen LogP) is 0.612. The van der Waals surface area contributed by atoms with Crippen LogP contribution >= 0.6 is 0 Å². The zero-order valence-corrected chi connectivity index (χ0v) is 15.4. The van der Waals surface area contributed by atoms with E-state index < -0.39 is 0 Å². The van der Waals surface area contributed by atoms with Gasteiger partial charge in [-0.2, -0.15) is 5.10 Å². The Morgan fingerprint density at radius 1 is 1.19 bits per heavy atom. The first-order valence-electron chi connectivity index (χ1n) is 9.08. The van der Waals surface area contributed by atoms with Gasteiger partial charge in [0.25, 0.3) is 11.1 Å². The summed E-state index contributed by atoms with van der Waals surface area (Å²) in [7, 11) is 1.68. The lowest BCUT2D eigenvalue weighted by Crippen LogP contribution is -2.45. The summed E-state index contributed by atoms with van der Waals surface area (Å²) in [5.41, 5.74) is 0.706. The van der Waals surface area contributed by atoms with Crippen LogP contribution in [0.4, 0.5) is 5.82 Å². The number of nitrogens with one attached hydrogen (secondary N) is 1. The normalized spacial score (nSPS) is 18.0. The van der Waals surface area contributed by atoms with Crippen molar-refractivity contribution in [1.82, 2.24) is 24.2 Å². The third-order valence-electron chi connectivity index (χ3n) is 4.84. The fraction of sp³-hybridized carbons (Fsp3) is 0.556. The molecule has 0 spiro atoms. The Morgan fingerprint density at radius 3 is 2.85 bits per heavy atom. The molecule has 0 aromatic carbocycles. The van der Waals surface area contributed by atoms with Crippen molar-refractivity contribution < 1.29 is 0 Å². The second-order valence-corrected chi connectivity index (χ2v) is 6.83. The number of piperidine rings is 1. The van der Waals surface area contributed by atoms with Gasteiger partial charge in [0.15, 0.2) is 0 Å². The Morgan fingerprint density at radius 2 is 2.04 bits per heavy atom. The Hall–Kier alpha value is -2.48. The van der Waals surface area contributed by atoms with Crippen molar-refractivity contribution >= 4 is 5.82 Å². The van der Waals surface area contributed by atoms with Crippen molar-refractivity contribution in [2.24, 2.45) is 7.05 Å². The fourth-order valence-electron chi connectivity index (χ4n) is 3.30. The molecular weight excluding hydrogens is 332 g/mol. The molecule has 8 nitrogen and oxygen atoms in total. The molecule has 0 aliphatic carbocycles. The molecule has 1 N–H and O–H groups in total. The summed E-state index contributed by atoms with van der Waals surface area (Å²) in [5, 5.41) is 7.59. The number of aryl methyl sites for hydroxylation is 2. The highest BCUT2D eigenvalue weighted by Gasteiger charge is 2.22. The summed E-state index contributed by atoms with van der Waals surface area (Å²) >= 11 is 0. The lowest BCUT2D eigenvalue weighted by molar-refractivity contribution is 0.148. The van der Waals surface area contributed by atoms with Crippen LogP contribution in [0, 0.1) is 6.92 Å². The van der Waals surface area contributed by atoms with Crippen molar-refractivity contribution in [3.8, 4) is 0 Å². The molecule has 1 unspecified atom stereocenters. The first-order valence-corrected chi connectivity index (χ1v) is 9.08. The molecule has 0 saturated carbocycles. The van der Waals surface area contributed by atoms with Gasteiger partial charge in [0.05, 0.1) is 18.6 Å². The maximum absolute atomic E-state index is 11.9. The average molecular weight is 358 g/mol. The maximum atomic E-state index is 11.9. The molecule has 140 valence electrons. The summed E-state index contributed by atoms with van der Waals surface area (Å²) < 4.78 is 2.99. The lowest BCUT2D eigenvalue weighted by Gasteiger charge is -2.35. The fourth-order valence-corrected chi connectivity index (χ4v) is 3.30. The van der Waals surface area contributed by atoms with Gasteiger partial charge in [0, 0.05) is 38.3 Å². The van der Waals surface area contributed by atoms with Crippen LogP contribution < -0.4 is 16.4 Å². The van der Waals surface area contributed by atoms with Crippen molar-refractivity contribution in [3.05, 3.63) is 50.9 Å². The molecule has 26 heavy (non-hydrogen) atoms. The molecule has 3 heterocycles. The Bertz CT molecular complexity index is 859. The van der Waals surface area contributed by atoms with E-state index in [2.05, 4.69) is 20.3 Å². The van der Waals surface area contributed by atoms with Gasteiger partial charge in [-0.3, -0.25) is 14.5 Å². The number of hydrogen-bond donors (Lipinski definition) is 1. The van der Waals surface area contributed by atoms with E-state index in [-0.39, 0.29) is 11.1 Å². The molecule has 2 aromatic rings. The zero-order valence-electron chi connectivity index (χ0n) is 15.4. The minimum Gasteiger partial charge on any atom is -0.368 e. The minimum absolute atomic E-state index is 0.0633. The molecule has 1 saturated heterocycles. The van der Waals surface area contributed by atoms with Crippen molar-refractivity contribution in [2.75, 3.05) is 25.0 Å². The molecule has 8 heteroatoms. The van der Waals surface area contributed by atoms with Crippen molar-refractivity contribution in [2.45, 2.75) is 38.8 Å². The van der Waals surface area contributed by atoms with E-state index in [0.717, 1.165) is 38.2 Å².